The predicted octanol–water partition coefficient (Wildman–Crippen LogP) is 1.60. The topological polar surface area (TPSA) is 43.8 Å². The van der Waals surface area contributed by atoms with Crippen molar-refractivity contribution in [3.05, 3.63) is 35.4 Å². The summed E-state index contributed by atoms with van der Waals surface area (Å²) in [6, 6.07) is 8.42. The minimum atomic E-state index is -0.172. The molecule has 0 spiro atoms. The van der Waals surface area contributed by atoms with Crippen molar-refractivity contribution in [1.82, 2.24) is 9.80 Å². The molecule has 1 aromatic rings. The molecule has 4 nitrogen and oxygen atoms in total. The SMILES string of the molecule is Cc1ccccc1CC(=O)N1CCN([C@@H]2CCC[C@@H]2O)CC1. The standard InChI is InChI=1S/C18H26N2O2/c1-14-5-2-3-6-15(14)13-18(22)20-11-9-19(10-12-20)16-7-4-8-17(16)21/h2-3,5-6,16-17,21H,4,7-13H2,1H3/t16-,17+/m1/s1. The number of piperazine rings is 1. The summed E-state index contributed by atoms with van der Waals surface area (Å²) in [6.45, 7) is 5.41. The highest BCUT2D eigenvalue weighted by Crippen LogP contribution is 2.25. The van der Waals surface area contributed by atoms with Gasteiger partial charge in [0.05, 0.1) is 12.5 Å². The van der Waals surface area contributed by atoms with Crippen molar-refractivity contribution in [3.63, 3.8) is 0 Å². The summed E-state index contributed by atoms with van der Waals surface area (Å²) in [5.41, 5.74) is 2.31. The zero-order valence-corrected chi connectivity index (χ0v) is 13.4. The first kappa shape index (κ1) is 15.5. The van der Waals surface area contributed by atoms with Crippen LogP contribution in [0.3, 0.4) is 0 Å². The Bertz CT molecular complexity index is 524. The van der Waals surface area contributed by atoms with Crippen LogP contribution >= 0.6 is 0 Å². The molecule has 0 bridgehead atoms. The van der Waals surface area contributed by atoms with Crippen molar-refractivity contribution in [3.8, 4) is 0 Å². The van der Waals surface area contributed by atoms with E-state index in [4.69, 9.17) is 0 Å². The number of hydrogen-bond donors (Lipinski definition) is 1. The third-order valence-corrected chi connectivity index (χ3v) is 5.18. The Morgan fingerprint density at radius 2 is 1.91 bits per heavy atom. The molecule has 120 valence electrons. The van der Waals surface area contributed by atoms with Gasteiger partial charge < -0.3 is 10.0 Å². The Hall–Kier alpha value is -1.39. The van der Waals surface area contributed by atoms with Crippen LogP contribution in [0.2, 0.25) is 0 Å². The van der Waals surface area contributed by atoms with Crippen LogP contribution in [0.15, 0.2) is 24.3 Å². The fraction of sp³-hybridized carbons (Fsp3) is 0.611. The van der Waals surface area contributed by atoms with Crippen LogP contribution < -0.4 is 0 Å². The predicted molar refractivity (Wildman–Crippen MR) is 86.7 cm³/mol. The lowest BCUT2D eigenvalue weighted by Crippen LogP contribution is -2.53. The van der Waals surface area contributed by atoms with E-state index in [1.54, 1.807) is 0 Å². The van der Waals surface area contributed by atoms with Gasteiger partial charge in [0.15, 0.2) is 0 Å². The third-order valence-electron chi connectivity index (χ3n) is 5.18. The Kier molecular flexibility index (Phi) is 4.79. The fourth-order valence-corrected chi connectivity index (χ4v) is 3.73. The monoisotopic (exact) mass is 302 g/mol. The quantitative estimate of drug-likeness (QED) is 0.922. The van der Waals surface area contributed by atoms with E-state index in [1.165, 1.54) is 5.56 Å². The summed E-state index contributed by atoms with van der Waals surface area (Å²) in [6.07, 6.45) is 3.47. The summed E-state index contributed by atoms with van der Waals surface area (Å²) in [4.78, 5) is 16.8. The van der Waals surface area contributed by atoms with Crippen LogP contribution in [-0.2, 0) is 11.2 Å². The molecule has 1 amide bonds. The first-order chi connectivity index (χ1) is 10.6. The van der Waals surface area contributed by atoms with Gasteiger partial charge in [0, 0.05) is 32.2 Å². The first-order valence-electron chi connectivity index (χ1n) is 8.39. The zero-order chi connectivity index (χ0) is 15.5. The number of aryl methyl sites for hydroxylation is 1. The van der Waals surface area contributed by atoms with Gasteiger partial charge in [-0.3, -0.25) is 9.69 Å². The molecule has 0 radical (unpaired) electrons. The average molecular weight is 302 g/mol. The highest BCUT2D eigenvalue weighted by atomic mass is 16.3. The van der Waals surface area contributed by atoms with Crippen LogP contribution in [0.1, 0.15) is 30.4 Å². The summed E-state index contributed by atoms with van der Waals surface area (Å²) < 4.78 is 0. The molecule has 1 heterocycles. The maximum Gasteiger partial charge on any atom is 0.227 e. The number of rotatable bonds is 3. The lowest BCUT2D eigenvalue weighted by molar-refractivity contribution is -0.132. The van der Waals surface area contributed by atoms with Crippen LogP contribution in [-0.4, -0.2) is 59.1 Å². The van der Waals surface area contributed by atoms with Gasteiger partial charge in [0.25, 0.3) is 0 Å². The minimum absolute atomic E-state index is 0.172. The normalized spacial score (nSPS) is 26.4. The average Bonchev–Trinajstić information content (AvgIpc) is 2.96. The lowest BCUT2D eigenvalue weighted by Gasteiger charge is -2.39. The maximum absolute atomic E-state index is 12.5. The van der Waals surface area contributed by atoms with E-state index < -0.39 is 0 Å². The summed E-state index contributed by atoms with van der Waals surface area (Å²) >= 11 is 0. The van der Waals surface area contributed by atoms with E-state index in [2.05, 4.69) is 17.9 Å². The molecule has 2 fully saturated rings. The van der Waals surface area contributed by atoms with Crippen LogP contribution in [0, 0.1) is 6.92 Å². The lowest BCUT2D eigenvalue weighted by atomic mass is 10.0. The first-order valence-corrected chi connectivity index (χ1v) is 8.39. The highest BCUT2D eigenvalue weighted by molar-refractivity contribution is 5.79. The van der Waals surface area contributed by atoms with Crippen LogP contribution in [0.25, 0.3) is 0 Å². The van der Waals surface area contributed by atoms with Crippen molar-refractivity contribution in [2.75, 3.05) is 26.2 Å². The third kappa shape index (κ3) is 3.33. The van der Waals surface area contributed by atoms with Crippen molar-refractivity contribution in [2.45, 2.75) is 44.8 Å². The molecule has 0 unspecified atom stereocenters. The minimum Gasteiger partial charge on any atom is -0.391 e. The Morgan fingerprint density at radius 1 is 1.18 bits per heavy atom. The number of aliphatic hydroxyl groups is 1. The number of aliphatic hydroxyl groups excluding tert-OH is 1. The van der Waals surface area contributed by atoms with Crippen molar-refractivity contribution in [1.29, 1.82) is 0 Å². The molecule has 1 saturated heterocycles. The Labute approximate surface area is 132 Å². The molecule has 1 saturated carbocycles. The van der Waals surface area contributed by atoms with Gasteiger partial charge in [-0.05, 0) is 37.3 Å². The maximum atomic E-state index is 12.5. The highest BCUT2D eigenvalue weighted by Gasteiger charge is 2.33. The van der Waals surface area contributed by atoms with E-state index in [-0.39, 0.29) is 12.0 Å². The molecule has 0 aromatic heterocycles. The molecule has 1 aliphatic heterocycles. The van der Waals surface area contributed by atoms with Crippen molar-refractivity contribution in [2.24, 2.45) is 0 Å². The molecule has 22 heavy (non-hydrogen) atoms. The van der Waals surface area contributed by atoms with E-state index in [1.807, 2.05) is 23.1 Å². The van der Waals surface area contributed by atoms with Crippen LogP contribution in [0.4, 0.5) is 0 Å². The van der Waals surface area contributed by atoms with Gasteiger partial charge in [-0.1, -0.05) is 24.3 Å². The van der Waals surface area contributed by atoms with Gasteiger partial charge >= 0.3 is 0 Å². The molecule has 2 atom stereocenters. The molecule has 1 aliphatic carbocycles. The smallest absolute Gasteiger partial charge is 0.227 e. The number of benzene rings is 1. The second-order valence-electron chi connectivity index (χ2n) is 6.59. The summed E-state index contributed by atoms with van der Waals surface area (Å²) in [7, 11) is 0. The number of nitrogens with zero attached hydrogens (tertiary/aromatic N) is 2. The molecule has 1 N–H and O–H groups in total. The Balaban J connectivity index is 1.53. The second kappa shape index (κ2) is 6.80. The Morgan fingerprint density at radius 3 is 2.55 bits per heavy atom. The second-order valence-corrected chi connectivity index (χ2v) is 6.59. The molecular formula is C18H26N2O2. The summed E-state index contributed by atoms with van der Waals surface area (Å²) in [5, 5.41) is 10.0. The number of amides is 1. The number of carbonyl (C=O) groups is 1. The zero-order valence-electron chi connectivity index (χ0n) is 13.4. The van der Waals surface area contributed by atoms with E-state index in [0.29, 0.717) is 12.5 Å². The number of hydrogen-bond acceptors (Lipinski definition) is 3. The summed E-state index contributed by atoms with van der Waals surface area (Å²) in [5.74, 6) is 0.223. The van der Waals surface area contributed by atoms with Crippen molar-refractivity contribution < 1.29 is 9.90 Å². The molecule has 1 aromatic carbocycles. The van der Waals surface area contributed by atoms with E-state index >= 15 is 0 Å². The van der Waals surface area contributed by atoms with Gasteiger partial charge in [0.2, 0.25) is 5.91 Å². The number of carbonyl (C=O) groups excluding carboxylic acids is 1. The molecule has 4 heteroatoms. The van der Waals surface area contributed by atoms with E-state index in [9.17, 15) is 9.90 Å². The van der Waals surface area contributed by atoms with Crippen LogP contribution in [0.5, 0.6) is 0 Å². The molecular weight excluding hydrogens is 276 g/mol. The molecule has 2 aliphatic rings. The van der Waals surface area contributed by atoms with Gasteiger partial charge in [-0.15, -0.1) is 0 Å². The van der Waals surface area contributed by atoms with Gasteiger partial charge in [-0.2, -0.15) is 0 Å². The largest absolute Gasteiger partial charge is 0.391 e. The van der Waals surface area contributed by atoms with Crippen molar-refractivity contribution >= 4 is 5.91 Å². The van der Waals surface area contributed by atoms with Gasteiger partial charge in [-0.25, -0.2) is 0 Å². The van der Waals surface area contributed by atoms with Gasteiger partial charge in [0.1, 0.15) is 0 Å². The molecule has 3 rings (SSSR count). The van der Waals surface area contributed by atoms with E-state index in [0.717, 1.165) is 51.0 Å². The fourth-order valence-electron chi connectivity index (χ4n) is 3.73.